The van der Waals surface area contributed by atoms with Crippen molar-refractivity contribution in [1.29, 1.82) is 0 Å². The molecule has 12 heavy (non-hydrogen) atoms. The van der Waals surface area contributed by atoms with Gasteiger partial charge in [-0.25, -0.2) is 0 Å². The lowest BCUT2D eigenvalue weighted by atomic mass is 10.3. The Balaban J connectivity index is 3.38. The van der Waals surface area contributed by atoms with Gasteiger partial charge >= 0.3 is 0 Å². The van der Waals surface area contributed by atoms with Gasteiger partial charge in [0.25, 0.3) is 0 Å². The molecule has 1 aromatic carbocycles. The third kappa shape index (κ3) is 1.69. The summed E-state index contributed by atoms with van der Waals surface area (Å²) in [6.45, 7) is 0. The van der Waals surface area contributed by atoms with Gasteiger partial charge in [0, 0.05) is 5.56 Å². The molecule has 0 radical (unpaired) electrons. The molecule has 0 heterocycles. The molecule has 62 valence electrons. The molecule has 0 aromatic heterocycles. The first-order chi connectivity index (χ1) is 5.77. The molecular weight excluding hydrogens is 156 g/mol. The van der Waals surface area contributed by atoms with E-state index in [9.17, 15) is 9.59 Å². The summed E-state index contributed by atoms with van der Waals surface area (Å²) < 4.78 is 4.78. The fourth-order valence-corrected chi connectivity index (χ4v) is 0.832. The van der Waals surface area contributed by atoms with Crippen molar-refractivity contribution in [3.63, 3.8) is 0 Å². The summed E-state index contributed by atoms with van der Waals surface area (Å²) in [6, 6.07) is 5.84. The Morgan fingerprint density at radius 2 is 2.17 bits per heavy atom. The van der Waals surface area contributed by atoms with Crippen LogP contribution in [0, 0.1) is 0 Å². The van der Waals surface area contributed by atoms with Crippen molar-refractivity contribution >= 4 is 6.29 Å². The van der Waals surface area contributed by atoms with Gasteiger partial charge in [0.2, 0.25) is 5.43 Å². The molecule has 0 fully saturated rings. The van der Waals surface area contributed by atoms with Gasteiger partial charge < -0.3 is 4.74 Å². The average molecular weight is 164 g/mol. The molecule has 0 N–H and O–H groups in total. The molecule has 0 atom stereocenters. The lowest BCUT2D eigenvalue weighted by Gasteiger charge is -1.91. The number of carbonyl (C=O) groups is 1. The van der Waals surface area contributed by atoms with Crippen LogP contribution < -0.4 is 10.2 Å². The van der Waals surface area contributed by atoms with Crippen LogP contribution in [0.4, 0.5) is 0 Å². The predicted molar refractivity (Wildman–Crippen MR) is 44.7 cm³/mol. The second kappa shape index (κ2) is 3.67. The van der Waals surface area contributed by atoms with E-state index >= 15 is 0 Å². The van der Waals surface area contributed by atoms with Gasteiger partial charge in [-0.3, -0.25) is 9.59 Å². The fraction of sp³-hybridized carbons (Fsp3) is 0.111. The number of ether oxygens (including phenoxy) is 1. The Kier molecular flexibility index (Phi) is 2.58. The molecule has 0 saturated carbocycles. The summed E-state index contributed by atoms with van der Waals surface area (Å²) in [5, 5.41) is 0. The van der Waals surface area contributed by atoms with Crippen LogP contribution in [-0.4, -0.2) is 13.4 Å². The van der Waals surface area contributed by atoms with Crippen LogP contribution >= 0.6 is 0 Å². The first-order valence-electron chi connectivity index (χ1n) is 3.41. The zero-order chi connectivity index (χ0) is 8.97. The van der Waals surface area contributed by atoms with Crippen LogP contribution in [0.3, 0.4) is 0 Å². The molecule has 1 rings (SSSR count). The SMILES string of the molecule is COc1cc(C=O)cccc1=O. The fourth-order valence-electron chi connectivity index (χ4n) is 0.832. The van der Waals surface area contributed by atoms with E-state index in [-0.39, 0.29) is 11.2 Å². The summed E-state index contributed by atoms with van der Waals surface area (Å²) in [4.78, 5) is 21.4. The number of methoxy groups -OCH3 is 1. The molecule has 1 aromatic rings. The monoisotopic (exact) mass is 164 g/mol. The zero-order valence-electron chi connectivity index (χ0n) is 6.61. The molecule has 0 spiro atoms. The maximum atomic E-state index is 11.1. The van der Waals surface area contributed by atoms with Crippen molar-refractivity contribution in [3.05, 3.63) is 40.1 Å². The van der Waals surface area contributed by atoms with Gasteiger partial charge in [0.1, 0.15) is 6.29 Å². The van der Waals surface area contributed by atoms with E-state index in [1.165, 1.54) is 25.3 Å². The third-order valence-corrected chi connectivity index (χ3v) is 1.43. The molecule has 3 heteroatoms. The van der Waals surface area contributed by atoms with Crippen LogP contribution in [0.2, 0.25) is 0 Å². The van der Waals surface area contributed by atoms with Crippen molar-refractivity contribution in [1.82, 2.24) is 0 Å². The van der Waals surface area contributed by atoms with E-state index in [4.69, 9.17) is 4.74 Å². The van der Waals surface area contributed by atoms with Gasteiger partial charge in [-0.05, 0) is 12.1 Å². The lowest BCUT2D eigenvalue weighted by molar-refractivity contribution is 0.112. The van der Waals surface area contributed by atoms with Gasteiger partial charge in [-0.1, -0.05) is 12.1 Å². The summed E-state index contributed by atoms with van der Waals surface area (Å²) in [7, 11) is 1.39. The van der Waals surface area contributed by atoms with Crippen molar-refractivity contribution in [2.24, 2.45) is 0 Å². The summed E-state index contributed by atoms with van der Waals surface area (Å²) in [5.74, 6) is 0.183. The maximum Gasteiger partial charge on any atom is 0.220 e. The number of hydrogen-bond acceptors (Lipinski definition) is 3. The van der Waals surface area contributed by atoms with Gasteiger partial charge in [0.05, 0.1) is 7.11 Å². The highest BCUT2D eigenvalue weighted by molar-refractivity contribution is 5.74. The van der Waals surface area contributed by atoms with Gasteiger partial charge in [-0.15, -0.1) is 0 Å². The highest BCUT2D eigenvalue weighted by atomic mass is 16.5. The van der Waals surface area contributed by atoms with E-state index in [1.807, 2.05) is 0 Å². The van der Waals surface area contributed by atoms with Crippen LogP contribution in [0.15, 0.2) is 29.1 Å². The summed E-state index contributed by atoms with van der Waals surface area (Å²) >= 11 is 0. The minimum absolute atomic E-state index is 0.183. The quantitative estimate of drug-likeness (QED) is 0.609. The van der Waals surface area contributed by atoms with E-state index in [2.05, 4.69) is 0 Å². The molecular formula is C9H8O3. The van der Waals surface area contributed by atoms with E-state index in [0.717, 1.165) is 0 Å². The predicted octanol–water partition coefficient (Wildman–Crippen LogP) is 0.868. The molecule has 3 nitrogen and oxygen atoms in total. The van der Waals surface area contributed by atoms with Crippen LogP contribution in [0.1, 0.15) is 10.4 Å². The molecule has 0 bridgehead atoms. The Labute approximate surface area is 69.6 Å². The normalized spacial score (nSPS) is 9.08. The second-order valence-electron chi connectivity index (χ2n) is 2.22. The molecule has 0 amide bonds. The Morgan fingerprint density at radius 3 is 2.75 bits per heavy atom. The smallest absolute Gasteiger partial charge is 0.220 e. The van der Waals surface area contributed by atoms with Crippen LogP contribution in [0.25, 0.3) is 0 Å². The van der Waals surface area contributed by atoms with Crippen molar-refractivity contribution in [2.75, 3.05) is 7.11 Å². The van der Waals surface area contributed by atoms with E-state index < -0.39 is 0 Å². The number of carbonyl (C=O) groups excluding carboxylic acids is 1. The van der Waals surface area contributed by atoms with Crippen molar-refractivity contribution < 1.29 is 9.53 Å². The third-order valence-electron chi connectivity index (χ3n) is 1.43. The lowest BCUT2D eigenvalue weighted by Crippen LogP contribution is -1.99. The Morgan fingerprint density at radius 1 is 1.42 bits per heavy atom. The van der Waals surface area contributed by atoms with E-state index in [1.54, 1.807) is 6.07 Å². The highest BCUT2D eigenvalue weighted by Crippen LogP contribution is 2.02. The van der Waals surface area contributed by atoms with E-state index in [0.29, 0.717) is 11.8 Å². The number of aldehydes is 1. The standard InChI is InChI=1S/C9H8O3/c1-12-9-5-7(6-10)3-2-4-8(9)11/h2-6H,1H3. The first-order valence-corrected chi connectivity index (χ1v) is 3.41. The summed E-state index contributed by atoms with van der Waals surface area (Å²) in [5.41, 5.74) is 0.194. The van der Waals surface area contributed by atoms with Gasteiger partial charge in [0.15, 0.2) is 5.75 Å². The van der Waals surface area contributed by atoms with Crippen molar-refractivity contribution in [3.8, 4) is 5.75 Å². The summed E-state index contributed by atoms with van der Waals surface area (Å²) in [6.07, 6.45) is 0.669. The number of rotatable bonds is 2. The molecule has 0 aliphatic rings. The second-order valence-corrected chi connectivity index (χ2v) is 2.22. The number of hydrogen-bond donors (Lipinski definition) is 0. The van der Waals surface area contributed by atoms with Crippen molar-refractivity contribution in [2.45, 2.75) is 0 Å². The van der Waals surface area contributed by atoms with Crippen LogP contribution in [0.5, 0.6) is 5.75 Å². The maximum absolute atomic E-state index is 11.1. The minimum Gasteiger partial charge on any atom is -0.493 e. The first kappa shape index (κ1) is 8.46. The van der Waals surface area contributed by atoms with Gasteiger partial charge in [-0.2, -0.15) is 0 Å². The Bertz CT molecular complexity index is 344. The zero-order valence-corrected chi connectivity index (χ0v) is 6.61. The molecule has 0 unspecified atom stereocenters. The van der Waals surface area contributed by atoms with Crippen LogP contribution in [-0.2, 0) is 0 Å². The Hall–Kier alpha value is -1.64. The molecule has 0 aliphatic heterocycles. The minimum atomic E-state index is -0.231. The molecule has 0 saturated heterocycles. The topological polar surface area (TPSA) is 43.4 Å². The largest absolute Gasteiger partial charge is 0.493 e. The average Bonchev–Trinajstić information content (AvgIpc) is 2.27. The highest BCUT2D eigenvalue weighted by Gasteiger charge is 1.96. The molecule has 0 aliphatic carbocycles.